The van der Waals surface area contributed by atoms with E-state index < -0.39 is 0 Å². The number of unbranched alkanes of at least 4 members (excludes halogenated alkanes) is 3. The second-order valence-corrected chi connectivity index (χ2v) is 5.14. The highest BCUT2D eigenvalue weighted by Crippen LogP contribution is 1.99. The number of carbonyl (C=O) groups excluding carboxylic acids is 2. The SMILES string of the molecule is CCCCCCNC(=O)CCCNC(=O)c1ccccc1. The van der Waals surface area contributed by atoms with Crippen LogP contribution in [0, 0.1) is 0 Å². The minimum Gasteiger partial charge on any atom is -0.356 e. The maximum atomic E-state index is 11.8. The van der Waals surface area contributed by atoms with Crippen LogP contribution in [0.5, 0.6) is 0 Å². The molecular weight excluding hydrogens is 264 g/mol. The van der Waals surface area contributed by atoms with Gasteiger partial charge in [0.1, 0.15) is 0 Å². The molecule has 0 fully saturated rings. The van der Waals surface area contributed by atoms with Crippen molar-refractivity contribution >= 4 is 11.8 Å². The van der Waals surface area contributed by atoms with Crippen molar-refractivity contribution in [1.82, 2.24) is 10.6 Å². The lowest BCUT2D eigenvalue weighted by Gasteiger charge is -2.06. The first-order chi connectivity index (χ1) is 10.2. The molecule has 0 spiro atoms. The van der Waals surface area contributed by atoms with Crippen molar-refractivity contribution in [2.24, 2.45) is 0 Å². The molecule has 0 saturated carbocycles. The van der Waals surface area contributed by atoms with Gasteiger partial charge in [-0.25, -0.2) is 0 Å². The molecular formula is C17H26N2O2. The first-order valence-electron chi connectivity index (χ1n) is 7.84. The van der Waals surface area contributed by atoms with E-state index in [1.165, 1.54) is 19.3 Å². The third-order valence-electron chi connectivity index (χ3n) is 3.25. The summed E-state index contributed by atoms with van der Waals surface area (Å²) in [6, 6.07) is 9.10. The highest BCUT2D eigenvalue weighted by atomic mass is 16.2. The van der Waals surface area contributed by atoms with Gasteiger partial charge in [-0.3, -0.25) is 9.59 Å². The van der Waals surface area contributed by atoms with Gasteiger partial charge in [0.25, 0.3) is 5.91 Å². The van der Waals surface area contributed by atoms with Crippen molar-refractivity contribution in [1.29, 1.82) is 0 Å². The Morgan fingerprint density at radius 1 is 0.905 bits per heavy atom. The predicted molar refractivity (Wildman–Crippen MR) is 85.2 cm³/mol. The number of rotatable bonds is 10. The molecule has 1 aromatic carbocycles. The quantitative estimate of drug-likeness (QED) is 0.651. The first kappa shape index (κ1) is 17.2. The average molecular weight is 290 g/mol. The Bertz CT molecular complexity index is 418. The number of nitrogens with one attached hydrogen (secondary N) is 2. The summed E-state index contributed by atoms with van der Waals surface area (Å²) in [6.07, 6.45) is 5.77. The molecule has 0 atom stereocenters. The van der Waals surface area contributed by atoms with Gasteiger partial charge in [0.15, 0.2) is 0 Å². The van der Waals surface area contributed by atoms with Crippen LogP contribution in [-0.2, 0) is 4.79 Å². The first-order valence-corrected chi connectivity index (χ1v) is 7.84. The molecule has 116 valence electrons. The van der Waals surface area contributed by atoms with Gasteiger partial charge in [-0.15, -0.1) is 0 Å². The van der Waals surface area contributed by atoms with E-state index in [9.17, 15) is 9.59 Å². The molecule has 0 saturated heterocycles. The monoisotopic (exact) mass is 290 g/mol. The van der Waals surface area contributed by atoms with E-state index in [1.54, 1.807) is 12.1 Å². The Hall–Kier alpha value is -1.84. The van der Waals surface area contributed by atoms with Crippen LogP contribution in [0.3, 0.4) is 0 Å². The van der Waals surface area contributed by atoms with E-state index in [0.717, 1.165) is 13.0 Å². The zero-order valence-electron chi connectivity index (χ0n) is 12.9. The molecule has 4 nitrogen and oxygen atoms in total. The van der Waals surface area contributed by atoms with Crippen molar-refractivity contribution < 1.29 is 9.59 Å². The topological polar surface area (TPSA) is 58.2 Å². The molecule has 2 amide bonds. The van der Waals surface area contributed by atoms with Gasteiger partial charge in [-0.1, -0.05) is 44.4 Å². The fourth-order valence-corrected chi connectivity index (χ4v) is 2.01. The lowest BCUT2D eigenvalue weighted by molar-refractivity contribution is -0.121. The summed E-state index contributed by atoms with van der Waals surface area (Å²) in [6.45, 7) is 3.45. The van der Waals surface area contributed by atoms with Gasteiger partial charge >= 0.3 is 0 Å². The second kappa shape index (κ2) is 10.9. The highest BCUT2D eigenvalue weighted by molar-refractivity contribution is 5.94. The molecule has 0 bridgehead atoms. The standard InChI is InChI=1S/C17H26N2O2/c1-2-3-4-8-13-18-16(20)12-9-14-19-17(21)15-10-6-5-7-11-15/h5-7,10-11H,2-4,8-9,12-14H2,1H3,(H,18,20)(H,19,21). The number of carbonyl (C=O) groups is 2. The van der Waals surface area contributed by atoms with E-state index in [-0.39, 0.29) is 11.8 Å². The van der Waals surface area contributed by atoms with E-state index in [1.807, 2.05) is 18.2 Å². The van der Waals surface area contributed by atoms with Crippen LogP contribution >= 0.6 is 0 Å². The Kier molecular flexibility index (Phi) is 8.93. The number of amides is 2. The Labute approximate surface area is 127 Å². The van der Waals surface area contributed by atoms with Gasteiger partial charge in [0.05, 0.1) is 0 Å². The van der Waals surface area contributed by atoms with Crippen molar-refractivity contribution in [2.75, 3.05) is 13.1 Å². The minimum atomic E-state index is -0.0874. The second-order valence-electron chi connectivity index (χ2n) is 5.14. The fourth-order valence-electron chi connectivity index (χ4n) is 2.01. The van der Waals surface area contributed by atoms with Crippen molar-refractivity contribution in [3.05, 3.63) is 35.9 Å². The predicted octanol–water partition coefficient (Wildman–Crippen LogP) is 2.89. The zero-order valence-corrected chi connectivity index (χ0v) is 12.9. The largest absolute Gasteiger partial charge is 0.356 e. The third-order valence-corrected chi connectivity index (χ3v) is 3.25. The smallest absolute Gasteiger partial charge is 0.251 e. The Morgan fingerprint density at radius 3 is 2.33 bits per heavy atom. The number of benzene rings is 1. The van der Waals surface area contributed by atoms with Gasteiger partial charge < -0.3 is 10.6 Å². The summed E-state index contributed by atoms with van der Waals surface area (Å²) in [5, 5.41) is 5.73. The fraction of sp³-hybridized carbons (Fsp3) is 0.529. The molecule has 2 N–H and O–H groups in total. The van der Waals surface area contributed by atoms with Crippen molar-refractivity contribution in [3.8, 4) is 0 Å². The molecule has 4 heteroatoms. The number of hydrogen-bond donors (Lipinski definition) is 2. The van der Waals surface area contributed by atoms with Gasteiger partial charge in [-0.2, -0.15) is 0 Å². The summed E-state index contributed by atoms with van der Waals surface area (Å²) in [5.74, 6) is -0.0176. The maximum Gasteiger partial charge on any atom is 0.251 e. The molecule has 1 rings (SSSR count). The number of hydrogen-bond acceptors (Lipinski definition) is 2. The molecule has 0 unspecified atom stereocenters. The summed E-state index contributed by atoms with van der Waals surface area (Å²) < 4.78 is 0. The maximum absolute atomic E-state index is 11.8. The van der Waals surface area contributed by atoms with E-state index in [0.29, 0.717) is 24.9 Å². The van der Waals surface area contributed by atoms with E-state index >= 15 is 0 Å². The van der Waals surface area contributed by atoms with E-state index in [2.05, 4.69) is 17.6 Å². The van der Waals surface area contributed by atoms with E-state index in [4.69, 9.17) is 0 Å². The van der Waals surface area contributed by atoms with Gasteiger partial charge in [-0.05, 0) is 25.0 Å². The summed E-state index contributed by atoms with van der Waals surface area (Å²) in [4.78, 5) is 23.3. The normalized spacial score (nSPS) is 10.1. The minimum absolute atomic E-state index is 0.0699. The molecule has 0 aliphatic carbocycles. The van der Waals surface area contributed by atoms with Gasteiger partial charge in [0.2, 0.25) is 5.91 Å². The summed E-state index contributed by atoms with van der Waals surface area (Å²) >= 11 is 0. The zero-order chi connectivity index (χ0) is 15.3. The molecule has 0 aromatic heterocycles. The molecule has 21 heavy (non-hydrogen) atoms. The lowest BCUT2D eigenvalue weighted by Crippen LogP contribution is -2.28. The van der Waals surface area contributed by atoms with Crippen LogP contribution in [0.2, 0.25) is 0 Å². The third kappa shape index (κ3) is 8.12. The summed E-state index contributed by atoms with van der Waals surface area (Å²) in [7, 11) is 0. The van der Waals surface area contributed by atoms with Crippen LogP contribution in [0.15, 0.2) is 30.3 Å². The van der Waals surface area contributed by atoms with Crippen LogP contribution in [0.4, 0.5) is 0 Å². The van der Waals surface area contributed by atoms with Gasteiger partial charge in [0, 0.05) is 25.1 Å². The van der Waals surface area contributed by atoms with Crippen LogP contribution in [0.1, 0.15) is 55.8 Å². The molecule has 0 aliphatic heterocycles. The van der Waals surface area contributed by atoms with Crippen LogP contribution in [0.25, 0.3) is 0 Å². The highest BCUT2D eigenvalue weighted by Gasteiger charge is 2.04. The average Bonchev–Trinajstić information content (AvgIpc) is 2.52. The Morgan fingerprint density at radius 2 is 1.62 bits per heavy atom. The molecule has 1 aromatic rings. The summed E-state index contributed by atoms with van der Waals surface area (Å²) in [5.41, 5.74) is 0.651. The molecule has 0 radical (unpaired) electrons. The van der Waals surface area contributed by atoms with Crippen molar-refractivity contribution in [3.63, 3.8) is 0 Å². The Balaban J connectivity index is 2.03. The van der Waals surface area contributed by atoms with Crippen LogP contribution in [-0.4, -0.2) is 24.9 Å². The van der Waals surface area contributed by atoms with Crippen LogP contribution < -0.4 is 10.6 Å². The lowest BCUT2D eigenvalue weighted by atomic mass is 10.2. The molecule has 0 heterocycles. The van der Waals surface area contributed by atoms with Crippen molar-refractivity contribution in [2.45, 2.75) is 45.4 Å². The molecule has 0 aliphatic rings.